The fraction of sp³-hybridized carbons (Fsp3) is 0.643. The Hall–Kier alpha value is -1.53. The van der Waals surface area contributed by atoms with Crippen molar-refractivity contribution in [2.24, 2.45) is 17.3 Å². The van der Waals surface area contributed by atoms with E-state index in [1.165, 1.54) is 32.4 Å². The molecule has 3 aliphatic carbocycles. The number of hydrogen-bond acceptors (Lipinski definition) is 3. The first-order valence-electron chi connectivity index (χ1n) is 12.4. The summed E-state index contributed by atoms with van der Waals surface area (Å²) in [5, 5.41) is 6.11. The molecule has 34 heavy (non-hydrogen) atoms. The van der Waals surface area contributed by atoms with Crippen molar-refractivity contribution in [1.82, 2.24) is 0 Å². The fourth-order valence-corrected chi connectivity index (χ4v) is 6.89. The van der Waals surface area contributed by atoms with E-state index < -0.39 is 19.8 Å². The van der Waals surface area contributed by atoms with E-state index in [0.29, 0.717) is 18.4 Å². The van der Waals surface area contributed by atoms with Gasteiger partial charge in [-0.2, -0.15) is 8.78 Å². The van der Waals surface area contributed by atoms with Gasteiger partial charge in [0.1, 0.15) is 0 Å². The van der Waals surface area contributed by atoms with Gasteiger partial charge in [-0.15, -0.1) is 0 Å². The number of hydrogen-bond donors (Lipinski definition) is 1. The molecule has 190 valence electrons. The van der Waals surface area contributed by atoms with E-state index in [2.05, 4.69) is 31.7 Å². The van der Waals surface area contributed by atoms with Crippen molar-refractivity contribution >= 4 is 9.84 Å². The van der Waals surface area contributed by atoms with Gasteiger partial charge in [0, 0.05) is 0 Å². The summed E-state index contributed by atoms with van der Waals surface area (Å²) in [6.45, 7) is 12.1. The van der Waals surface area contributed by atoms with Crippen LogP contribution >= 0.6 is 0 Å². The molecule has 0 aliphatic heterocycles. The second kappa shape index (κ2) is 9.50. The number of aliphatic hydroxyl groups is 1. The van der Waals surface area contributed by atoms with E-state index >= 15 is 0 Å². The van der Waals surface area contributed by atoms with E-state index in [0.717, 1.165) is 55.2 Å². The van der Waals surface area contributed by atoms with Crippen LogP contribution in [-0.2, 0) is 9.84 Å². The molecule has 0 aromatic heterocycles. The Morgan fingerprint density at radius 1 is 1.24 bits per heavy atom. The Kier molecular flexibility index (Phi) is 7.56. The van der Waals surface area contributed by atoms with Crippen LogP contribution in [0.1, 0.15) is 79.6 Å². The molecule has 0 aromatic carbocycles. The predicted octanol–water partition coefficient (Wildman–Crippen LogP) is 7.08. The summed E-state index contributed by atoms with van der Waals surface area (Å²) in [7, 11) is -4.65. The summed E-state index contributed by atoms with van der Waals surface area (Å²) in [5.41, 5.74) is 4.55. The molecule has 2 fully saturated rings. The minimum absolute atomic E-state index is 0.131. The molecular formula is C28H40F2O3S. The molecule has 0 saturated heterocycles. The van der Waals surface area contributed by atoms with E-state index in [-0.39, 0.29) is 17.4 Å². The van der Waals surface area contributed by atoms with Crippen molar-refractivity contribution in [3.8, 4) is 0 Å². The van der Waals surface area contributed by atoms with Crippen molar-refractivity contribution in [1.29, 1.82) is 0 Å². The molecule has 0 spiro atoms. The van der Waals surface area contributed by atoms with Gasteiger partial charge in [0.25, 0.3) is 0 Å². The average molecular weight is 495 g/mol. The van der Waals surface area contributed by atoms with Gasteiger partial charge in [0.2, 0.25) is 9.84 Å². The summed E-state index contributed by atoms with van der Waals surface area (Å²) < 4.78 is 52.4. The van der Waals surface area contributed by atoms with Crippen LogP contribution in [-0.4, -0.2) is 29.6 Å². The van der Waals surface area contributed by atoms with Crippen LogP contribution < -0.4 is 0 Å². The van der Waals surface area contributed by atoms with Crippen LogP contribution in [0.2, 0.25) is 0 Å². The molecule has 3 nitrogen and oxygen atoms in total. The molecule has 2 saturated carbocycles. The zero-order valence-corrected chi connectivity index (χ0v) is 22.0. The van der Waals surface area contributed by atoms with Crippen LogP contribution in [0.5, 0.6) is 0 Å². The first kappa shape index (κ1) is 27.1. The lowest BCUT2D eigenvalue weighted by Gasteiger charge is -2.42. The lowest BCUT2D eigenvalue weighted by atomic mass is 9.62. The molecular weight excluding hydrogens is 454 g/mol. The number of fused-ring (bicyclic) bond motifs is 1. The SMILES string of the molecule is C=C1CCC(O)C/C1=C/C=C1\CCCC2(C)C(C(C)/C=C/C(F)(F)S(=O)(=O)C(C)(C)C)=CCC12. The van der Waals surface area contributed by atoms with Crippen molar-refractivity contribution in [2.45, 2.75) is 95.7 Å². The minimum Gasteiger partial charge on any atom is -0.393 e. The predicted molar refractivity (Wildman–Crippen MR) is 135 cm³/mol. The highest BCUT2D eigenvalue weighted by molar-refractivity contribution is 7.93. The van der Waals surface area contributed by atoms with Gasteiger partial charge in [0.05, 0.1) is 10.9 Å². The van der Waals surface area contributed by atoms with E-state index in [1.54, 1.807) is 0 Å². The highest BCUT2D eigenvalue weighted by Gasteiger charge is 2.50. The first-order chi connectivity index (χ1) is 15.6. The van der Waals surface area contributed by atoms with Crippen molar-refractivity contribution in [2.75, 3.05) is 0 Å². The number of allylic oxidation sites excluding steroid dienone is 7. The van der Waals surface area contributed by atoms with Gasteiger partial charge in [-0.1, -0.05) is 61.4 Å². The molecule has 0 amide bonds. The Morgan fingerprint density at radius 2 is 1.91 bits per heavy atom. The quantitative estimate of drug-likeness (QED) is 0.416. The first-order valence-corrected chi connectivity index (χ1v) is 13.9. The molecule has 4 atom stereocenters. The molecule has 4 unspecified atom stereocenters. The van der Waals surface area contributed by atoms with Crippen LogP contribution in [0, 0.1) is 17.3 Å². The number of halogens is 2. The molecule has 3 rings (SSSR count). The third kappa shape index (κ3) is 5.04. The summed E-state index contributed by atoms with van der Waals surface area (Å²) in [4.78, 5) is 0. The highest BCUT2D eigenvalue weighted by Crippen LogP contribution is 2.56. The van der Waals surface area contributed by atoms with E-state index in [9.17, 15) is 22.3 Å². The highest BCUT2D eigenvalue weighted by atomic mass is 32.2. The van der Waals surface area contributed by atoms with Crippen LogP contribution in [0.25, 0.3) is 0 Å². The third-order valence-electron chi connectivity index (χ3n) is 8.03. The van der Waals surface area contributed by atoms with Crippen LogP contribution in [0.15, 0.2) is 59.3 Å². The number of alkyl halides is 2. The molecule has 0 heterocycles. The zero-order valence-electron chi connectivity index (χ0n) is 21.2. The van der Waals surface area contributed by atoms with Gasteiger partial charge < -0.3 is 5.11 Å². The number of aliphatic hydroxyl groups excluding tert-OH is 1. The number of sulfone groups is 1. The van der Waals surface area contributed by atoms with Gasteiger partial charge in [-0.05, 0) is 94.6 Å². The normalized spacial score (nSPS) is 32.4. The summed E-state index contributed by atoms with van der Waals surface area (Å²) in [5.74, 6) is 0.0339. The maximum absolute atomic E-state index is 14.6. The topological polar surface area (TPSA) is 54.4 Å². The Balaban J connectivity index is 1.80. The lowest BCUT2D eigenvalue weighted by Crippen LogP contribution is -2.41. The van der Waals surface area contributed by atoms with Crippen LogP contribution in [0.3, 0.4) is 0 Å². The second-order valence-electron chi connectivity index (χ2n) is 11.5. The Labute approximate surface area is 204 Å². The summed E-state index contributed by atoms with van der Waals surface area (Å²) >= 11 is 0. The summed E-state index contributed by atoms with van der Waals surface area (Å²) in [6, 6.07) is 0. The van der Waals surface area contributed by atoms with E-state index in [1.807, 2.05) is 6.92 Å². The van der Waals surface area contributed by atoms with Gasteiger partial charge >= 0.3 is 5.25 Å². The maximum atomic E-state index is 14.6. The van der Waals surface area contributed by atoms with E-state index in [4.69, 9.17) is 0 Å². The largest absolute Gasteiger partial charge is 0.393 e. The number of rotatable bonds is 5. The molecule has 3 aliphatic rings. The fourth-order valence-electron chi connectivity index (χ4n) is 5.81. The summed E-state index contributed by atoms with van der Waals surface area (Å²) in [6.07, 6.45) is 14.2. The van der Waals surface area contributed by atoms with Crippen LogP contribution in [0.4, 0.5) is 8.78 Å². The second-order valence-corrected chi connectivity index (χ2v) is 14.3. The van der Waals surface area contributed by atoms with Crippen molar-refractivity contribution < 1.29 is 22.3 Å². The minimum atomic E-state index is -4.65. The van der Waals surface area contributed by atoms with Gasteiger partial charge in [0.15, 0.2) is 0 Å². The lowest BCUT2D eigenvalue weighted by molar-refractivity contribution is 0.143. The maximum Gasteiger partial charge on any atom is 0.364 e. The third-order valence-corrected chi connectivity index (χ3v) is 10.5. The molecule has 0 bridgehead atoms. The smallest absolute Gasteiger partial charge is 0.364 e. The van der Waals surface area contributed by atoms with Gasteiger partial charge in [-0.3, -0.25) is 0 Å². The van der Waals surface area contributed by atoms with Gasteiger partial charge in [-0.25, -0.2) is 8.42 Å². The monoisotopic (exact) mass is 494 g/mol. The standard InChI is InChI=1S/C28H40F2O3S/c1-19-9-12-23(31)18-22(19)11-10-21-8-7-16-27(6)24(13-14-25(21)27)20(2)15-17-28(29,30)34(32,33)26(3,4)5/h10-11,13,15,17,20,23,25,31H,1,7-9,12,14,16,18H2,2-6H3/b17-15+,21-10+,22-11-. The van der Waals surface area contributed by atoms with Crippen molar-refractivity contribution in [3.05, 3.63) is 59.3 Å². The van der Waals surface area contributed by atoms with Crippen molar-refractivity contribution in [3.63, 3.8) is 0 Å². The Bertz CT molecular complexity index is 1040. The molecule has 1 N–H and O–H groups in total. The zero-order chi connectivity index (χ0) is 25.5. The molecule has 6 heteroatoms. The Morgan fingerprint density at radius 3 is 2.56 bits per heavy atom. The molecule has 0 radical (unpaired) electrons. The average Bonchev–Trinajstić information content (AvgIpc) is 3.09. The molecule has 0 aromatic rings.